The van der Waals surface area contributed by atoms with Gasteiger partial charge >= 0.3 is 5.97 Å². The smallest absolute Gasteiger partial charge is 0.334 e. The van der Waals surface area contributed by atoms with Crippen LogP contribution in [0.15, 0.2) is 24.3 Å². The van der Waals surface area contributed by atoms with Crippen molar-refractivity contribution in [1.82, 2.24) is 0 Å². The topological polar surface area (TPSA) is 63.6 Å². The molecule has 1 aliphatic heterocycles. The second-order valence-electron chi connectivity index (χ2n) is 6.16. The quantitative estimate of drug-likeness (QED) is 0.529. The average molecular weight is 262 g/mol. The van der Waals surface area contributed by atoms with E-state index in [1.807, 2.05) is 6.92 Å². The Morgan fingerprint density at radius 3 is 2.79 bits per heavy atom. The van der Waals surface area contributed by atoms with Crippen molar-refractivity contribution in [2.24, 2.45) is 17.3 Å². The number of carbonyl (C=O) groups excluding carboxylic acids is 2. The molecule has 19 heavy (non-hydrogen) atoms. The van der Waals surface area contributed by atoms with Crippen LogP contribution in [-0.2, 0) is 14.3 Å². The summed E-state index contributed by atoms with van der Waals surface area (Å²) in [7, 11) is 0. The monoisotopic (exact) mass is 262 g/mol. The zero-order valence-corrected chi connectivity index (χ0v) is 11.2. The van der Waals surface area contributed by atoms with Gasteiger partial charge in [-0.2, -0.15) is 0 Å². The summed E-state index contributed by atoms with van der Waals surface area (Å²) in [5, 5.41) is 11.0. The standard InChI is InChI=1S/C15H18O4/c1-8-4-5-10-9(2)13(17)19-12(10)14(3)11(16)6-7-15(8,14)18/h6-8,10,12,18H,2,4-5H2,1,3H3/t8-,10?,12?,14-,15+/m0/s1. The van der Waals surface area contributed by atoms with Crippen LogP contribution in [0.3, 0.4) is 0 Å². The van der Waals surface area contributed by atoms with Crippen LogP contribution in [0.1, 0.15) is 26.7 Å². The number of fused-ring (bicyclic) bond motifs is 3. The van der Waals surface area contributed by atoms with Gasteiger partial charge in [-0.3, -0.25) is 4.79 Å². The number of hydrogen-bond donors (Lipinski definition) is 1. The number of ketones is 1. The lowest BCUT2D eigenvalue weighted by atomic mass is 9.65. The molecule has 0 aromatic carbocycles. The predicted octanol–water partition coefficient (Wildman–Crippen LogP) is 1.39. The van der Waals surface area contributed by atoms with Crippen LogP contribution in [0, 0.1) is 17.3 Å². The third kappa shape index (κ3) is 1.27. The fraction of sp³-hybridized carbons (Fsp3) is 0.600. The highest BCUT2D eigenvalue weighted by Gasteiger charge is 2.66. The van der Waals surface area contributed by atoms with Gasteiger partial charge in [-0.05, 0) is 37.8 Å². The van der Waals surface area contributed by atoms with Gasteiger partial charge in [-0.25, -0.2) is 4.79 Å². The molecule has 4 nitrogen and oxygen atoms in total. The van der Waals surface area contributed by atoms with Gasteiger partial charge in [0.1, 0.15) is 17.1 Å². The average Bonchev–Trinajstić information content (AvgIpc) is 2.76. The second kappa shape index (κ2) is 3.57. The minimum absolute atomic E-state index is 0.0581. The largest absolute Gasteiger partial charge is 0.457 e. The van der Waals surface area contributed by atoms with Crippen molar-refractivity contribution in [2.75, 3.05) is 0 Å². The summed E-state index contributed by atoms with van der Waals surface area (Å²) in [6.45, 7) is 7.44. The van der Waals surface area contributed by atoms with Crippen molar-refractivity contribution in [3.05, 3.63) is 24.3 Å². The van der Waals surface area contributed by atoms with Crippen molar-refractivity contribution >= 4 is 11.8 Å². The number of aliphatic hydroxyl groups is 1. The first kappa shape index (κ1) is 12.6. The van der Waals surface area contributed by atoms with Gasteiger partial charge in [0.25, 0.3) is 0 Å². The molecule has 0 aromatic rings. The Kier molecular flexibility index (Phi) is 2.37. The van der Waals surface area contributed by atoms with Crippen molar-refractivity contribution in [1.29, 1.82) is 0 Å². The number of ether oxygens (including phenoxy) is 1. The number of esters is 1. The van der Waals surface area contributed by atoms with Crippen molar-refractivity contribution in [2.45, 2.75) is 38.4 Å². The molecular weight excluding hydrogens is 244 g/mol. The summed E-state index contributed by atoms with van der Waals surface area (Å²) >= 11 is 0. The van der Waals surface area contributed by atoms with E-state index in [9.17, 15) is 14.7 Å². The van der Waals surface area contributed by atoms with Gasteiger partial charge < -0.3 is 9.84 Å². The summed E-state index contributed by atoms with van der Waals surface area (Å²) in [5.41, 5.74) is -1.90. The zero-order chi connectivity index (χ0) is 14.0. The fourth-order valence-corrected chi connectivity index (χ4v) is 3.89. The first-order valence-corrected chi connectivity index (χ1v) is 6.68. The molecule has 0 spiro atoms. The zero-order valence-electron chi connectivity index (χ0n) is 11.2. The Balaban J connectivity index is 2.16. The second-order valence-corrected chi connectivity index (χ2v) is 6.16. The molecule has 3 aliphatic rings. The summed E-state index contributed by atoms with van der Waals surface area (Å²) in [5.74, 6) is -0.829. The highest BCUT2D eigenvalue weighted by atomic mass is 16.6. The minimum Gasteiger partial charge on any atom is -0.457 e. The molecule has 2 unspecified atom stereocenters. The molecule has 102 valence electrons. The molecule has 0 amide bonds. The lowest BCUT2D eigenvalue weighted by Gasteiger charge is -2.43. The van der Waals surface area contributed by atoms with Gasteiger partial charge in [-0.15, -0.1) is 0 Å². The van der Waals surface area contributed by atoms with Crippen LogP contribution in [-0.4, -0.2) is 28.6 Å². The van der Waals surface area contributed by atoms with Gasteiger partial charge in [0.2, 0.25) is 0 Å². The van der Waals surface area contributed by atoms with Crippen molar-refractivity contribution < 1.29 is 19.4 Å². The Hall–Kier alpha value is -1.42. The normalized spacial score (nSPS) is 48.8. The molecule has 1 saturated carbocycles. The van der Waals surface area contributed by atoms with Crippen LogP contribution >= 0.6 is 0 Å². The van der Waals surface area contributed by atoms with Gasteiger partial charge in [0, 0.05) is 11.5 Å². The molecule has 0 aromatic heterocycles. The van der Waals surface area contributed by atoms with E-state index >= 15 is 0 Å². The summed E-state index contributed by atoms with van der Waals surface area (Å²) < 4.78 is 5.40. The van der Waals surface area contributed by atoms with E-state index in [2.05, 4.69) is 6.58 Å². The Labute approximate surface area is 112 Å². The Bertz CT molecular complexity index is 520. The predicted molar refractivity (Wildman–Crippen MR) is 68.1 cm³/mol. The van der Waals surface area contributed by atoms with E-state index in [0.717, 1.165) is 12.8 Å². The molecule has 2 fully saturated rings. The maximum absolute atomic E-state index is 12.3. The van der Waals surface area contributed by atoms with Crippen LogP contribution in [0.5, 0.6) is 0 Å². The minimum atomic E-state index is -1.24. The molecule has 1 N–H and O–H groups in total. The lowest BCUT2D eigenvalue weighted by molar-refractivity contribution is -0.165. The van der Waals surface area contributed by atoms with Crippen LogP contribution in [0.2, 0.25) is 0 Å². The molecule has 3 rings (SSSR count). The Morgan fingerprint density at radius 2 is 2.11 bits per heavy atom. The molecule has 2 aliphatic carbocycles. The maximum Gasteiger partial charge on any atom is 0.334 e. The SMILES string of the molecule is C=C1C(=O)OC2C1CC[C@H](C)[C@]1(O)C=CC(=O)[C@@]21C. The van der Waals surface area contributed by atoms with E-state index in [-0.39, 0.29) is 17.6 Å². The van der Waals surface area contributed by atoms with Crippen LogP contribution in [0.4, 0.5) is 0 Å². The molecule has 4 heteroatoms. The molecule has 1 saturated heterocycles. The maximum atomic E-state index is 12.3. The first-order valence-electron chi connectivity index (χ1n) is 6.68. The summed E-state index contributed by atoms with van der Waals surface area (Å²) in [6.07, 6.45) is 3.85. The summed E-state index contributed by atoms with van der Waals surface area (Å²) in [4.78, 5) is 24.1. The molecule has 0 bridgehead atoms. The lowest BCUT2D eigenvalue weighted by Crippen LogP contribution is -2.56. The van der Waals surface area contributed by atoms with Crippen molar-refractivity contribution in [3.63, 3.8) is 0 Å². The van der Waals surface area contributed by atoms with Crippen molar-refractivity contribution in [3.8, 4) is 0 Å². The highest BCUT2D eigenvalue weighted by molar-refractivity contribution is 6.01. The number of allylic oxidation sites excluding steroid dienone is 1. The third-order valence-corrected chi connectivity index (χ3v) is 5.37. The molecule has 1 heterocycles. The van der Waals surface area contributed by atoms with E-state index in [4.69, 9.17) is 4.74 Å². The van der Waals surface area contributed by atoms with Gasteiger partial charge in [-0.1, -0.05) is 13.5 Å². The first-order chi connectivity index (χ1) is 8.82. The van der Waals surface area contributed by atoms with Gasteiger partial charge in [0.05, 0.1) is 0 Å². The Morgan fingerprint density at radius 1 is 1.42 bits per heavy atom. The van der Waals surface area contributed by atoms with E-state index in [0.29, 0.717) is 5.57 Å². The number of carbonyl (C=O) groups is 2. The molecular formula is C15H18O4. The number of hydrogen-bond acceptors (Lipinski definition) is 4. The fourth-order valence-electron chi connectivity index (χ4n) is 3.89. The van der Waals surface area contributed by atoms with E-state index < -0.39 is 23.1 Å². The molecule has 5 atom stereocenters. The van der Waals surface area contributed by atoms with Crippen LogP contribution in [0.25, 0.3) is 0 Å². The van der Waals surface area contributed by atoms with Gasteiger partial charge in [0.15, 0.2) is 5.78 Å². The number of rotatable bonds is 0. The van der Waals surface area contributed by atoms with Crippen LogP contribution < -0.4 is 0 Å². The summed E-state index contributed by atoms with van der Waals surface area (Å²) in [6, 6.07) is 0. The molecule has 0 radical (unpaired) electrons. The van der Waals surface area contributed by atoms with E-state index in [1.54, 1.807) is 13.0 Å². The van der Waals surface area contributed by atoms with E-state index in [1.165, 1.54) is 6.08 Å². The highest BCUT2D eigenvalue weighted by Crippen LogP contribution is 2.56. The third-order valence-electron chi connectivity index (χ3n) is 5.37.